The van der Waals surface area contributed by atoms with Crippen LogP contribution in [-0.4, -0.2) is 30.8 Å². The molecule has 0 saturated heterocycles. The molecule has 1 N–H and O–H groups in total. The van der Waals surface area contributed by atoms with Crippen molar-refractivity contribution in [2.75, 3.05) is 13.6 Å². The Morgan fingerprint density at radius 2 is 2.24 bits per heavy atom. The van der Waals surface area contributed by atoms with Gasteiger partial charge >= 0.3 is 6.03 Å². The van der Waals surface area contributed by atoms with E-state index in [-0.39, 0.29) is 19.0 Å². The van der Waals surface area contributed by atoms with E-state index in [2.05, 4.69) is 10.4 Å². The van der Waals surface area contributed by atoms with Crippen LogP contribution in [0.5, 0.6) is 0 Å². The molecule has 0 aliphatic heterocycles. The van der Waals surface area contributed by atoms with Crippen molar-refractivity contribution in [2.45, 2.75) is 6.42 Å². The number of rotatable bonds is 4. The molecule has 0 heterocycles. The first-order valence-corrected chi connectivity index (χ1v) is 5.23. The van der Waals surface area contributed by atoms with Gasteiger partial charge < -0.3 is 5.32 Å². The lowest BCUT2D eigenvalue weighted by Gasteiger charge is -2.14. The molecule has 1 aromatic carbocycles. The van der Waals surface area contributed by atoms with E-state index < -0.39 is 0 Å². The van der Waals surface area contributed by atoms with E-state index >= 15 is 0 Å². The second-order valence-electron chi connectivity index (χ2n) is 3.24. The van der Waals surface area contributed by atoms with Crippen molar-refractivity contribution >= 4 is 12.2 Å². The first kappa shape index (κ1) is 12.7. The molecule has 0 aromatic heterocycles. The van der Waals surface area contributed by atoms with Crippen molar-refractivity contribution in [3.63, 3.8) is 0 Å². The largest absolute Gasteiger partial charge is 0.340 e. The Morgan fingerprint density at radius 1 is 1.53 bits per heavy atom. The molecule has 1 rings (SSSR count). The highest BCUT2D eigenvalue weighted by Crippen LogP contribution is 1.97. The molecular weight excluding hydrogens is 216 g/mol. The number of carbonyl (C=O) groups excluding carboxylic acids is 1. The van der Waals surface area contributed by atoms with Gasteiger partial charge in [0.1, 0.15) is 0 Å². The Balaban J connectivity index is 2.69. The minimum atomic E-state index is -0.326. The summed E-state index contributed by atoms with van der Waals surface area (Å²) in [5.41, 5.74) is 0.901. The summed E-state index contributed by atoms with van der Waals surface area (Å²) in [4.78, 5) is 11.4. The number of urea groups is 1. The van der Waals surface area contributed by atoms with Crippen molar-refractivity contribution in [2.24, 2.45) is 5.10 Å². The molecule has 0 spiro atoms. The average molecular weight is 230 g/mol. The van der Waals surface area contributed by atoms with E-state index in [1.165, 1.54) is 12.1 Å². The lowest BCUT2D eigenvalue weighted by molar-refractivity contribution is 0.204. The number of nitrogens with zero attached hydrogens (tertiary/aromatic N) is 3. The van der Waals surface area contributed by atoms with Gasteiger partial charge in [0.05, 0.1) is 25.2 Å². The van der Waals surface area contributed by atoms with Crippen molar-refractivity contribution in [3.8, 4) is 6.07 Å². The van der Waals surface area contributed by atoms with Gasteiger partial charge in [0.2, 0.25) is 0 Å². The maximum Gasteiger partial charge on any atom is 0.337 e. The molecule has 0 bridgehead atoms. The average Bonchev–Trinajstić information content (AvgIpc) is 2.39. The maximum absolute atomic E-state index is 11.4. The van der Waals surface area contributed by atoms with Crippen LogP contribution in [0.25, 0.3) is 0 Å². The predicted molar refractivity (Wildman–Crippen MR) is 65.4 cm³/mol. The molecule has 0 atom stereocenters. The summed E-state index contributed by atoms with van der Waals surface area (Å²) in [6.07, 6.45) is 1.84. The second kappa shape index (κ2) is 7.01. The van der Waals surface area contributed by atoms with Crippen molar-refractivity contribution in [1.82, 2.24) is 10.3 Å². The summed E-state index contributed by atoms with van der Waals surface area (Å²) in [6.45, 7) is 0.277. The van der Waals surface area contributed by atoms with Gasteiger partial charge in [-0.25, -0.2) is 9.80 Å². The van der Waals surface area contributed by atoms with Crippen LogP contribution in [0.3, 0.4) is 0 Å². The number of nitriles is 1. The Morgan fingerprint density at radius 3 is 2.82 bits per heavy atom. The molecule has 2 amide bonds. The predicted octanol–water partition coefficient (Wildman–Crippen LogP) is 1.58. The van der Waals surface area contributed by atoms with Gasteiger partial charge in [0.15, 0.2) is 0 Å². The topological polar surface area (TPSA) is 68.5 Å². The third-order valence-electron chi connectivity index (χ3n) is 2.03. The van der Waals surface area contributed by atoms with E-state index in [0.29, 0.717) is 0 Å². The molecule has 0 aliphatic rings. The van der Waals surface area contributed by atoms with E-state index in [9.17, 15) is 4.79 Å². The summed E-state index contributed by atoms with van der Waals surface area (Å²) < 4.78 is 0. The first-order valence-electron chi connectivity index (χ1n) is 5.23. The Kier molecular flexibility index (Phi) is 5.25. The fourth-order valence-electron chi connectivity index (χ4n) is 1.17. The highest BCUT2D eigenvalue weighted by atomic mass is 16.2. The number of benzene rings is 1. The molecule has 1 aromatic rings. The van der Waals surface area contributed by atoms with Gasteiger partial charge in [-0.15, -0.1) is 0 Å². The fraction of sp³-hybridized carbons (Fsp3) is 0.250. The maximum atomic E-state index is 11.4. The third kappa shape index (κ3) is 4.34. The van der Waals surface area contributed by atoms with E-state index in [0.717, 1.165) is 5.56 Å². The number of nitrogens with one attached hydrogen (secondary N) is 1. The van der Waals surface area contributed by atoms with Crippen LogP contribution < -0.4 is 5.32 Å². The quantitative estimate of drug-likeness (QED) is 0.630. The lowest BCUT2D eigenvalue weighted by atomic mass is 10.2. The second-order valence-corrected chi connectivity index (χ2v) is 3.24. The Labute approximate surface area is 100 Å². The number of hydrazone groups is 1. The standard InChI is InChI=1S/C12H14N4O/c1-14-12(17)16(9-5-8-13)15-10-11-6-3-2-4-7-11/h2-4,6-7,10H,5,9H2,1H3,(H,14,17). The van der Waals surface area contributed by atoms with Crippen LogP contribution in [-0.2, 0) is 0 Å². The minimum absolute atomic E-state index is 0.250. The van der Waals surface area contributed by atoms with Crippen LogP contribution in [0, 0.1) is 11.3 Å². The number of carbonyl (C=O) groups is 1. The molecule has 0 fully saturated rings. The smallest absolute Gasteiger partial charge is 0.337 e. The number of amides is 2. The highest BCUT2D eigenvalue weighted by Gasteiger charge is 2.08. The zero-order valence-corrected chi connectivity index (χ0v) is 9.63. The third-order valence-corrected chi connectivity index (χ3v) is 2.03. The summed E-state index contributed by atoms with van der Waals surface area (Å²) >= 11 is 0. The van der Waals surface area contributed by atoms with Gasteiger partial charge in [-0.2, -0.15) is 10.4 Å². The minimum Gasteiger partial charge on any atom is -0.340 e. The van der Waals surface area contributed by atoms with Crippen LogP contribution in [0.2, 0.25) is 0 Å². The van der Waals surface area contributed by atoms with Crippen LogP contribution in [0.4, 0.5) is 4.79 Å². The van der Waals surface area contributed by atoms with Gasteiger partial charge in [-0.3, -0.25) is 0 Å². The van der Waals surface area contributed by atoms with Crippen molar-refractivity contribution in [3.05, 3.63) is 35.9 Å². The summed E-state index contributed by atoms with van der Waals surface area (Å²) in [7, 11) is 1.53. The van der Waals surface area contributed by atoms with Gasteiger partial charge in [0, 0.05) is 7.05 Å². The van der Waals surface area contributed by atoms with E-state index in [4.69, 9.17) is 5.26 Å². The highest BCUT2D eigenvalue weighted by molar-refractivity contribution is 5.81. The van der Waals surface area contributed by atoms with Crippen LogP contribution in [0.15, 0.2) is 35.4 Å². The summed E-state index contributed by atoms with van der Waals surface area (Å²) in [6, 6.07) is 11.1. The van der Waals surface area contributed by atoms with Crippen LogP contribution in [0.1, 0.15) is 12.0 Å². The molecule has 88 valence electrons. The van der Waals surface area contributed by atoms with Crippen molar-refractivity contribution < 1.29 is 4.79 Å². The molecular formula is C12H14N4O. The van der Waals surface area contributed by atoms with Crippen LogP contribution >= 0.6 is 0 Å². The van der Waals surface area contributed by atoms with Gasteiger partial charge in [-0.05, 0) is 5.56 Å². The van der Waals surface area contributed by atoms with Gasteiger partial charge in [-0.1, -0.05) is 30.3 Å². The zero-order valence-electron chi connectivity index (χ0n) is 9.63. The SMILES string of the molecule is CNC(=O)N(CCC#N)N=Cc1ccccc1. The molecule has 5 nitrogen and oxygen atoms in total. The lowest BCUT2D eigenvalue weighted by Crippen LogP contribution is -2.34. The molecule has 0 radical (unpaired) electrons. The number of hydrogen-bond acceptors (Lipinski definition) is 3. The monoisotopic (exact) mass is 230 g/mol. The number of hydrogen-bond donors (Lipinski definition) is 1. The zero-order chi connectivity index (χ0) is 12.5. The molecule has 5 heteroatoms. The van der Waals surface area contributed by atoms with Gasteiger partial charge in [0.25, 0.3) is 0 Å². The molecule has 0 aliphatic carbocycles. The van der Waals surface area contributed by atoms with E-state index in [1.54, 1.807) is 6.21 Å². The normalized spacial score (nSPS) is 9.88. The Hall–Kier alpha value is -2.35. The summed E-state index contributed by atoms with van der Waals surface area (Å²) in [5, 5.41) is 16.2. The molecule has 0 saturated carbocycles. The molecule has 17 heavy (non-hydrogen) atoms. The van der Waals surface area contributed by atoms with E-state index in [1.807, 2.05) is 36.4 Å². The summed E-state index contributed by atoms with van der Waals surface area (Å²) in [5.74, 6) is 0. The first-order chi connectivity index (χ1) is 8.27. The Bertz CT molecular complexity index is 422. The fourth-order valence-corrected chi connectivity index (χ4v) is 1.17. The molecule has 0 unspecified atom stereocenters. The van der Waals surface area contributed by atoms with Crippen molar-refractivity contribution in [1.29, 1.82) is 5.26 Å².